The number of aromatic nitrogens is 1. The number of nitrogens with zero attached hydrogens (tertiary/aromatic N) is 1. The molecule has 0 atom stereocenters. The van der Waals surface area contributed by atoms with Crippen LogP contribution in [-0.2, 0) is 0 Å². The van der Waals surface area contributed by atoms with E-state index in [-0.39, 0.29) is 5.56 Å². The van der Waals surface area contributed by atoms with Crippen LogP contribution in [0.15, 0.2) is 36.7 Å². The van der Waals surface area contributed by atoms with Gasteiger partial charge >= 0.3 is 0 Å². The van der Waals surface area contributed by atoms with Gasteiger partial charge in [0.05, 0.1) is 5.69 Å². The van der Waals surface area contributed by atoms with Gasteiger partial charge in [0, 0.05) is 18.0 Å². The molecule has 2 aromatic rings. The second-order valence-electron chi connectivity index (χ2n) is 3.10. The van der Waals surface area contributed by atoms with E-state index in [1.54, 1.807) is 29.1 Å². The third kappa shape index (κ3) is 1.31. The highest BCUT2D eigenvalue weighted by Crippen LogP contribution is 2.19. The molecule has 1 nitrogen and oxygen atoms in total. The first kappa shape index (κ1) is 8.94. The van der Waals surface area contributed by atoms with E-state index in [1.165, 1.54) is 19.1 Å². The van der Waals surface area contributed by atoms with Crippen molar-refractivity contribution in [3.8, 4) is 5.69 Å². The summed E-state index contributed by atoms with van der Waals surface area (Å²) in [6.07, 6.45) is 3.44. The molecule has 0 radical (unpaired) electrons. The summed E-state index contributed by atoms with van der Waals surface area (Å²) in [5, 5.41) is 0. The second kappa shape index (κ2) is 3.25. The molecule has 3 heteroatoms. The fraction of sp³-hybridized carbons (Fsp3) is 0.0909. The summed E-state index contributed by atoms with van der Waals surface area (Å²) in [6, 6.07) is 6.28. The molecular weight excluding hydrogens is 184 g/mol. The number of hydrogen-bond donors (Lipinski definition) is 0. The lowest BCUT2D eigenvalue weighted by molar-refractivity contribution is 0.563. The van der Waals surface area contributed by atoms with Gasteiger partial charge in [-0.15, -0.1) is 0 Å². The molecule has 1 aromatic heterocycles. The summed E-state index contributed by atoms with van der Waals surface area (Å²) in [4.78, 5) is 0. The molecule has 0 bridgehead atoms. The SMILES string of the molecule is Cc1c(F)ccc(-n2cccc2)c1F. The lowest BCUT2D eigenvalue weighted by Crippen LogP contribution is -1.98. The molecule has 0 spiro atoms. The average Bonchev–Trinajstić information content (AvgIpc) is 2.67. The van der Waals surface area contributed by atoms with Crippen LogP contribution in [-0.4, -0.2) is 4.57 Å². The van der Waals surface area contributed by atoms with Gasteiger partial charge in [-0.25, -0.2) is 8.78 Å². The van der Waals surface area contributed by atoms with Crippen molar-refractivity contribution in [3.63, 3.8) is 0 Å². The van der Waals surface area contributed by atoms with E-state index in [1.807, 2.05) is 0 Å². The van der Waals surface area contributed by atoms with E-state index in [4.69, 9.17) is 0 Å². The Kier molecular flexibility index (Phi) is 2.08. The number of benzene rings is 1. The fourth-order valence-corrected chi connectivity index (χ4v) is 1.34. The standard InChI is InChI=1S/C11H9F2N/c1-8-9(12)4-5-10(11(8)13)14-6-2-3-7-14/h2-7H,1H3. The minimum absolute atomic E-state index is 0.0520. The first-order chi connectivity index (χ1) is 6.70. The Hall–Kier alpha value is -1.64. The normalized spacial score (nSPS) is 10.5. The van der Waals surface area contributed by atoms with Gasteiger partial charge in [0.25, 0.3) is 0 Å². The van der Waals surface area contributed by atoms with Gasteiger partial charge in [0.2, 0.25) is 0 Å². The summed E-state index contributed by atoms with van der Waals surface area (Å²) in [7, 11) is 0. The van der Waals surface area contributed by atoms with Crippen molar-refractivity contribution in [1.82, 2.24) is 4.57 Å². The van der Waals surface area contributed by atoms with Gasteiger partial charge in [-0.3, -0.25) is 0 Å². The Morgan fingerprint density at radius 3 is 2.36 bits per heavy atom. The van der Waals surface area contributed by atoms with Crippen LogP contribution in [0, 0.1) is 18.6 Å². The highest BCUT2D eigenvalue weighted by molar-refractivity contribution is 5.38. The maximum absolute atomic E-state index is 13.6. The molecule has 0 saturated carbocycles. The zero-order valence-electron chi connectivity index (χ0n) is 7.67. The number of rotatable bonds is 1. The van der Waals surface area contributed by atoms with E-state index in [9.17, 15) is 8.78 Å². The van der Waals surface area contributed by atoms with E-state index in [0.717, 1.165) is 0 Å². The van der Waals surface area contributed by atoms with Gasteiger partial charge in [-0.2, -0.15) is 0 Å². The molecule has 0 fully saturated rings. The van der Waals surface area contributed by atoms with Crippen LogP contribution in [0.25, 0.3) is 5.69 Å². The van der Waals surface area contributed by atoms with Crippen LogP contribution in [0.4, 0.5) is 8.78 Å². The van der Waals surface area contributed by atoms with E-state index < -0.39 is 11.6 Å². The molecule has 0 amide bonds. The maximum atomic E-state index is 13.6. The molecule has 1 aromatic carbocycles. The number of hydrogen-bond acceptors (Lipinski definition) is 0. The summed E-state index contributed by atoms with van der Waals surface area (Å²) in [5.41, 5.74) is 0.421. The summed E-state index contributed by atoms with van der Waals surface area (Å²) in [6.45, 7) is 1.43. The molecular formula is C11H9F2N. The number of halogens is 2. The Morgan fingerprint density at radius 1 is 1.07 bits per heavy atom. The zero-order chi connectivity index (χ0) is 10.1. The Labute approximate surface area is 80.6 Å². The third-order valence-electron chi connectivity index (χ3n) is 2.18. The molecule has 0 N–H and O–H groups in total. The second-order valence-corrected chi connectivity index (χ2v) is 3.10. The van der Waals surface area contributed by atoms with Gasteiger partial charge in [-0.05, 0) is 31.2 Å². The Morgan fingerprint density at radius 2 is 1.71 bits per heavy atom. The predicted octanol–water partition coefficient (Wildman–Crippen LogP) is 3.06. The topological polar surface area (TPSA) is 4.93 Å². The zero-order valence-corrected chi connectivity index (χ0v) is 7.67. The molecule has 1 heterocycles. The van der Waals surface area contributed by atoms with Crippen molar-refractivity contribution in [2.24, 2.45) is 0 Å². The molecule has 0 saturated heterocycles. The minimum atomic E-state index is -0.515. The van der Waals surface area contributed by atoms with Crippen LogP contribution in [0.5, 0.6) is 0 Å². The smallest absolute Gasteiger partial charge is 0.152 e. The van der Waals surface area contributed by atoms with Crippen LogP contribution in [0.2, 0.25) is 0 Å². The van der Waals surface area contributed by atoms with Crippen molar-refractivity contribution in [3.05, 3.63) is 53.9 Å². The maximum Gasteiger partial charge on any atom is 0.152 e. The van der Waals surface area contributed by atoms with Crippen molar-refractivity contribution >= 4 is 0 Å². The van der Waals surface area contributed by atoms with Gasteiger partial charge in [0.15, 0.2) is 5.82 Å². The Balaban J connectivity index is 2.61. The summed E-state index contributed by atoms with van der Waals surface area (Å²) < 4.78 is 28.1. The first-order valence-electron chi connectivity index (χ1n) is 4.28. The predicted molar refractivity (Wildman–Crippen MR) is 50.4 cm³/mol. The van der Waals surface area contributed by atoms with Crippen LogP contribution in [0.1, 0.15) is 5.56 Å². The van der Waals surface area contributed by atoms with Crippen molar-refractivity contribution in [1.29, 1.82) is 0 Å². The molecule has 72 valence electrons. The van der Waals surface area contributed by atoms with E-state index >= 15 is 0 Å². The quantitative estimate of drug-likeness (QED) is 0.656. The highest BCUT2D eigenvalue weighted by atomic mass is 19.1. The lowest BCUT2D eigenvalue weighted by atomic mass is 10.2. The van der Waals surface area contributed by atoms with Crippen LogP contribution >= 0.6 is 0 Å². The molecule has 2 rings (SSSR count). The molecule has 0 aliphatic carbocycles. The highest BCUT2D eigenvalue weighted by Gasteiger charge is 2.09. The third-order valence-corrected chi connectivity index (χ3v) is 2.18. The van der Waals surface area contributed by atoms with Crippen LogP contribution < -0.4 is 0 Å². The van der Waals surface area contributed by atoms with E-state index in [2.05, 4.69) is 0 Å². The molecule has 0 aliphatic rings. The Bertz CT molecular complexity index is 447. The summed E-state index contributed by atoms with van der Waals surface area (Å²) in [5.74, 6) is -1.03. The molecule has 14 heavy (non-hydrogen) atoms. The van der Waals surface area contributed by atoms with E-state index in [0.29, 0.717) is 5.69 Å². The average molecular weight is 193 g/mol. The van der Waals surface area contributed by atoms with Crippen molar-refractivity contribution in [2.45, 2.75) is 6.92 Å². The monoisotopic (exact) mass is 193 g/mol. The lowest BCUT2D eigenvalue weighted by Gasteiger charge is -2.07. The van der Waals surface area contributed by atoms with Gasteiger partial charge in [-0.1, -0.05) is 0 Å². The van der Waals surface area contributed by atoms with Gasteiger partial charge < -0.3 is 4.57 Å². The largest absolute Gasteiger partial charge is 0.321 e. The molecule has 0 unspecified atom stereocenters. The first-order valence-corrected chi connectivity index (χ1v) is 4.28. The van der Waals surface area contributed by atoms with Crippen LogP contribution in [0.3, 0.4) is 0 Å². The minimum Gasteiger partial charge on any atom is -0.321 e. The van der Waals surface area contributed by atoms with Crippen molar-refractivity contribution < 1.29 is 8.78 Å². The molecule has 0 aliphatic heterocycles. The van der Waals surface area contributed by atoms with Gasteiger partial charge in [0.1, 0.15) is 5.82 Å². The summed E-state index contributed by atoms with van der Waals surface area (Å²) >= 11 is 0. The van der Waals surface area contributed by atoms with Crippen molar-refractivity contribution in [2.75, 3.05) is 0 Å². The fourth-order valence-electron chi connectivity index (χ4n) is 1.34.